The predicted octanol–water partition coefficient (Wildman–Crippen LogP) is 0.857. The van der Waals surface area contributed by atoms with Gasteiger partial charge in [-0.15, -0.1) is 0 Å². The molecule has 0 aromatic rings. The van der Waals surface area contributed by atoms with E-state index in [1.807, 2.05) is 20.8 Å². The second-order valence-electron chi connectivity index (χ2n) is 2.40. The first kappa shape index (κ1) is 11.5. The number of hydroxylamine groups is 2. The van der Waals surface area contributed by atoms with Crippen molar-refractivity contribution in [2.75, 3.05) is 6.54 Å². The van der Waals surface area contributed by atoms with Crippen LogP contribution in [-0.2, 0) is 16.4 Å². The van der Waals surface area contributed by atoms with E-state index in [2.05, 4.69) is 11.8 Å². The van der Waals surface area contributed by atoms with E-state index in [0.717, 1.165) is 0 Å². The average Bonchev–Trinajstić information content (AvgIpc) is 1.80. The summed E-state index contributed by atoms with van der Waals surface area (Å²) < 4.78 is 4.72. The molecule has 6 heteroatoms. The van der Waals surface area contributed by atoms with E-state index >= 15 is 0 Å². The first-order valence-corrected chi connectivity index (χ1v) is 6.01. The van der Waals surface area contributed by atoms with Crippen molar-refractivity contribution in [3.63, 3.8) is 0 Å². The van der Waals surface area contributed by atoms with Crippen molar-refractivity contribution in [1.29, 1.82) is 0 Å². The summed E-state index contributed by atoms with van der Waals surface area (Å²) in [5.41, 5.74) is 0. The zero-order valence-corrected chi connectivity index (χ0v) is 8.60. The third kappa shape index (κ3) is 5.73. The van der Waals surface area contributed by atoms with Gasteiger partial charge >= 0.3 is 6.72 Å². The van der Waals surface area contributed by atoms with E-state index in [-0.39, 0.29) is 6.04 Å². The quantitative estimate of drug-likeness (QED) is 0.519. The SMILES string of the molecule is CCN(OP(O)(O)=S)C(C)C. The van der Waals surface area contributed by atoms with E-state index in [1.165, 1.54) is 5.06 Å². The summed E-state index contributed by atoms with van der Waals surface area (Å²) in [7, 11) is 0. The van der Waals surface area contributed by atoms with Crippen LogP contribution < -0.4 is 0 Å². The topological polar surface area (TPSA) is 52.9 Å². The van der Waals surface area contributed by atoms with Crippen molar-refractivity contribution < 1.29 is 14.4 Å². The standard InChI is InChI=1S/C5H14NO3PS/c1-4-6(5(2)3)9-10(7,8)11/h5H,4H2,1-3H3,(H2,7,8,11). The molecule has 0 rings (SSSR count). The number of rotatable bonds is 4. The summed E-state index contributed by atoms with van der Waals surface area (Å²) in [4.78, 5) is 17.6. The van der Waals surface area contributed by atoms with Crippen LogP contribution in [0.4, 0.5) is 0 Å². The maximum Gasteiger partial charge on any atom is 0.339 e. The summed E-state index contributed by atoms with van der Waals surface area (Å²) in [5, 5.41) is 1.45. The number of nitrogens with zero attached hydrogens (tertiary/aromatic N) is 1. The Morgan fingerprint density at radius 2 is 2.00 bits per heavy atom. The molecule has 0 unspecified atom stereocenters. The fourth-order valence-corrected chi connectivity index (χ4v) is 1.49. The third-order valence-corrected chi connectivity index (χ3v) is 1.72. The van der Waals surface area contributed by atoms with E-state index in [9.17, 15) is 0 Å². The molecule has 11 heavy (non-hydrogen) atoms. The molecule has 68 valence electrons. The van der Waals surface area contributed by atoms with Crippen molar-refractivity contribution in [3.05, 3.63) is 0 Å². The molecule has 0 aromatic carbocycles. The molecule has 0 spiro atoms. The normalized spacial score (nSPS) is 13.0. The Bertz CT molecular complexity index is 158. The van der Waals surface area contributed by atoms with Gasteiger partial charge in [0.25, 0.3) is 0 Å². The maximum atomic E-state index is 8.79. The smallest absolute Gasteiger partial charge is 0.324 e. The van der Waals surface area contributed by atoms with Crippen molar-refractivity contribution in [2.45, 2.75) is 26.8 Å². The van der Waals surface area contributed by atoms with Gasteiger partial charge in [-0.1, -0.05) is 6.92 Å². The largest absolute Gasteiger partial charge is 0.339 e. The highest BCUT2D eigenvalue weighted by atomic mass is 32.5. The van der Waals surface area contributed by atoms with Gasteiger partial charge in [-0.25, -0.2) is 4.62 Å². The number of hydrogen-bond donors (Lipinski definition) is 2. The zero-order valence-electron chi connectivity index (χ0n) is 6.89. The first-order valence-electron chi connectivity index (χ1n) is 3.38. The molecule has 0 amide bonds. The summed E-state index contributed by atoms with van der Waals surface area (Å²) in [6.07, 6.45) is 0. The highest BCUT2D eigenvalue weighted by molar-refractivity contribution is 8.06. The van der Waals surface area contributed by atoms with Crippen LogP contribution in [0.1, 0.15) is 20.8 Å². The molecule has 0 fully saturated rings. The van der Waals surface area contributed by atoms with Crippen LogP contribution in [-0.4, -0.2) is 27.4 Å². The van der Waals surface area contributed by atoms with Crippen molar-refractivity contribution in [3.8, 4) is 0 Å². The highest BCUT2D eigenvalue weighted by Crippen LogP contribution is 2.38. The number of hydrogen-bond acceptors (Lipinski definition) is 3. The van der Waals surface area contributed by atoms with Crippen molar-refractivity contribution >= 4 is 18.5 Å². The summed E-state index contributed by atoms with van der Waals surface area (Å²) in [6.45, 7) is 2.67. The average molecular weight is 199 g/mol. The molecule has 0 saturated carbocycles. The lowest BCUT2D eigenvalue weighted by Gasteiger charge is -2.25. The Morgan fingerprint density at radius 3 is 2.09 bits per heavy atom. The molecule has 4 nitrogen and oxygen atoms in total. The third-order valence-electron chi connectivity index (χ3n) is 1.10. The van der Waals surface area contributed by atoms with Crippen LogP contribution in [0.2, 0.25) is 0 Å². The fourth-order valence-electron chi connectivity index (χ4n) is 0.654. The van der Waals surface area contributed by atoms with Gasteiger partial charge in [0.05, 0.1) is 0 Å². The predicted molar refractivity (Wildman–Crippen MR) is 47.3 cm³/mol. The molecule has 0 saturated heterocycles. The Morgan fingerprint density at radius 1 is 1.55 bits per heavy atom. The molecule has 0 aliphatic heterocycles. The van der Waals surface area contributed by atoms with Gasteiger partial charge in [0.1, 0.15) is 0 Å². The molecular formula is C5H14NO3PS. The monoisotopic (exact) mass is 199 g/mol. The van der Waals surface area contributed by atoms with E-state index in [4.69, 9.17) is 14.4 Å². The fraction of sp³-hybridized carbons (Fsp3) is 1.00. The minimum absolute atomic E-state index is 0.0987. The van der Waals surface area contributed by atoms with Gasteiger partial charge in [-0.05, 0) is 25.7 Å². The van der Waals surface area contributed by atoms with Crippen molar-refractivity contribution in [1.82, 2.24) is 5.06 Å². The molecule has 0 radical (unpaired) electrons. The van der Waals surface area contributed by atoms with Crippen LogP contribution in [0, 0.1) is 0 Å². The molecule has 0 atom stereocenters. The van der Waals surface area contributed by atoms with Gasteiger partial charge in [0.2, 0.25) is 0 Å². The lowest BCUT2D eigenvalue weighted by Crippen LogP contribution is -2.29. The summed E-state index contributed by atoms with van der Waals surface area (Å²) in [5.74, 6) is 0. The van der Waals surface area contributed by atoms with Gasteiger partial charge in [0, 0.05) is 12.6 Å². The maximum absolute atomic E-state index is 8.79. The second kappa shape index (κ2) is 4.50. The Hall–Kier alpha value is 0.490. The highest BCUT2D eigenvalue weighted by Gasteiger charge is 2.16. The lowest BCUT2D eigenvalue weighted by atomic mass is 10.4. The minimum atomic E-state index is -3.53. The van der Waals surface area contributed by atoms with Crippen LogP contribution >= 0.6 is 6.72 Å². The molecule has 0 aromatic heterocycles. The summed E-state index contributed by atoms with van der Waals surface area (Å²) in [6, 6.07) is 0.0987. The van der Waals surface area contributed by atoms with E-state index in [1.54, 1.807) is 0 Å². The summed E-state index contributed by atoms with van der Waals surface area (Å²) >= 11 is 4.30. The molecule has 2 N–H and O–H groups in total. The van der Waals surface area contributed by atoms with Gasteiger partial charge < -0.3 is 9.79 Å². The van der Waals surface area contributed by atoms with Crippen LogP contribution in [0.25, 0.3) is 0 Å². The Labute approximate surface area is 72.0 Å². The molecular weight excluding hydrogens is 185 g/mol. The Kier molecular flexibility index (Phi) is 4.70. The molecule has 0 aliphatic rings. The molecule has 0 bridgehead atoms. The minimum Gasteiger partial charge on any atom is -0.324 e. The van der Waals surface area contributed by atoms with Crippen LogP contribution in [0.5, 0.6) is 0 Å². The lowest BCUT2D eigenvalue weighted by molar-refractivity contribution is -0.0899. The molecule has 0 heterocycles. The molecule has 0 aliphatic carbocycles. The first-order chi connectivity index (χ1) is 4.87. The zero-order chi connectivity index (χ0) is 9.07. The Balaban J connectivity index is 3.99. The van der Waals surface area contributed by atoms with E-state index < -0.39 is 6.72 Å². The second-order valence-corrected chi connectivity index (χ2v) is 4.97. The van der Waals surface area contributed by atoms with Crippen molar-refractivity contribution in [2.24, 2.45) is 0 Å². The van der Waals surface area contributed by atoms with E-state index in [0.29, 0.717) is 6.54 Å². The van der Waals surface area contributed by atoms with Gasteiger partial charge in [0.15, 0.2) is 0 Å². The van der Waals surface area contributed by atoms with Crippen LogP contribution in [0.3, 0.4) is 0 Å². The van der Waals surface area contributed by atoms with Gasteiger partial charge in [-0.3, -0.25) is 0 Å². The van der Waals surface area contributed by atoms with Crippen LogP contribution in [0.15, 0.2) is 0 Å². The van der Waals surface area contributed by atoms with Gasteiger partial charge in [-0.2, -0.15) is 5.06 Å².